The second kappa shape index (κ2) is 13.6. The van der Waals surface area contributed by atoms with Crippen LogP contribution >= 0.6 is 0 Å². The molecule has 18 heteroatoms. The minimum absolute atomic E-state index is 0.0363. The number of nitrogens with one attached hydrogen (secondary N) is 3. The summed E-state index contributed by atoms with van der Waals surface area (Å²) in [6.45, 7) is 5.89. The van der Waals surface area contributed by atoms with Crippen LogP contribution in [0.3, 0.4) is 0 Å². The molecule has 13 nitrogen and oxygen atoms in total. The highest BCUT2D eigenvalue weighted by atomic mass is 32.2. The van der Waals surface area contributed by atoms with E-state index in [0.29, 0.717) is 6.07 Å². The van der Waals surface area contributed by atoms with Gasteiger partial charge in [0, 0.05) is 29.9 Å². The Morgan fingerprint density at radius 3 is 1.74 bits per heavy atom. The number of ether oxygens (including phenoxy) is 4. The monoisotopic (exact) mass is 693 g/mol. The highest BCUT2D eigenvalue weighted by Gasteiger charge is 2.38. The van der Waals surface area contributed by atoms with E-state index in [-0.39, 0.29) is 43.5 Å². The number of sulfonamides is 1. The van der Waals surface area contributed by atoms with Crippen molar-refractivity contribution in [1.29, 1.82) is 0 Å². The molecule has 2 heterocycles. The van der Waals surface area contributed by atoms with Gasteiger partial charge in [-0.05, 0) is 64.1 Å². The maximum absolute atomic E-state index is 13.8. The van der Waals surface area contributed by atoms with Crippen molar-refractivity contribution in [3.63, 3.8) is 0 Å². The van der Waals surface area contributed by atoms with Crippen molar-refractivity contribution in [1.82, 2.24) is 10.6 Å². The molecule has 0 aliphatic carbocycles. The number of aliphatic hydroxyl groups excluding tert-OH is 2. The average molecular weight is 694 g/mol. The molecular weight excluding hydrogens is 658 g/mol. The molecule has 0 saturated carbocycles. The van der Waals surface area contributed by atoms with Crippen LogP contribution in [0.5, 0.6) is 0 Å². The SMILES string of the molecule is CC1(C)OCC(C(O)CNC(=O)c2cc(C(=O)NCC(O)C3COC(C)(C)O3)cc(S(=O)(=O)Nc3ccc(F)c(C(F)(F)F)c3)c2)O1. The zero-order valence-corrected chi connectivity index (χ0v) is 26.5. The fourth-order valence-electron chi connectivity index (χ4n) is 4.71. The molecule has 0 aromatic heterocycles. The number of amides is 2. The van der Waals surface area contributed by atoms with Crippen molar-refractivity contribution in [2.24, 2.45) is 0 Å². The Morgan fingerprint density at radius 1 is 0.872 bits per heavy atom. The van der Waals surface area contributed by atoms with Crippen molar-refractivity contribution in [2.75, 3.05) is 31.0 Å². The molecule has 0 spiro atoms. The summed E-state index contributed by atoms with van der Waals surface area (Å²) in [6, 6.07) is 4.20. The highest BCUT2D eigenvalue weighted by Crippen LogP contribution is 2.34. The van der Waals surface area contributed by atoms with E-state index < -0.39 is 86.0 Å². The van der Waals surface area contributed by atoms with Gasteiger partial charge in [-0.2, -0.15) is 13.2 Å². The molecule has 47 heavy (non-hydrogen) atoms. The lowest BCUT2D eigenvalue weighted by molar-refractivity contribution is -0.150. The topological polar surface area (TPSA) is 182 Å². The smallest absolute Gasteiger partial charge is 0.388 e. The summed E-state index contributed by atoms with van der Waals surface area (Å²) in [4.78, 5) is 25.5. The Morgan fingerprint density at radius 2 is 1.34 bits per heavy atom. The first-order valence-electron chi connectivity index (χ1n) is 14.3. The van der Waals surface area contributed by atoms with Gasteiger partial charge in [-0.15, -0.1) is 0 Å². The first kappa shape index (κ1) is 36.4. The number of carbonyl (C=O) groups is 2. The lowest BCUT2D eigenvalue weighted by Crippen LogP contribution is -2.41. The van der Waals surface area contributed by atoms with Gasteiger partial charge < -0.3 is 39.8 Å². The van der Waals surface area contributed by atoms with Crippen LogP contribution in [0.2, 0.25) is 0 Å². The van der Waals surface area contributed by atoms with Gasteiger partial charge in [0.05, 0.1) is 35.9 Å². The second-order valence-corrected chi connectivity index (χ2v) is 13.5. The number of anilines is 1. The lowest BCUT2D eigenvalue weighted by Gasteiger charge is -2.21. The molecule has 2 amide bonds. The molecule has 2 aliphatic heterocycles. The number of hydrogen-bond donors (Lipinski definition) is 5. The molecule has 2 aromatic rings. The third-order valence-corrected chi connectivity index (χ3v) is 8.49. The molecule has 4 atom stereocenters. The summed E-state index contributed by atoms with van der Waals surface area (Å²) in [7, 11) is -4.79. The molecule has 0 bridgehead atoms. The van der Waals surface area contributed by atoms with Crippen molar-refractivity contribution in [2.45, 2.75) is 74.8 Å². The normalized spacial score (nSPS) is 22.0. The summed E-state index contributed by atoms with van der Waals surface area (Å²) in [5, 5.41) is 25.8. The van der Waals surface area contributed by atoms with E-state index in [0.717, 1.165) is 24.3 Å². The maximum Gasteiger partial charge on any atom is 0.419 e. The van der Waals surface area contributed by atoms with E-state index in [1.165, 1.54) is 0 Å². The number of benzene rings is 2. The highest BCUT2D eigenvalue weighted by molar-refractivity contribution is 7.92. The van der Waals surface area contributed by atoms with Crippen LogP contribution in [0.25, 0.3) is 0 Å². The van der Waals surface area contributed by atoms with Gasteiger partial charge in [-0.25, -0.2) is 12.8 Å². The number of halogens is 4. The molecule has 260 valence electrons. The third kappa shape index (κ3) is 9.37. The maximum atomic E-state index is 13.8. The standard InChI is InChI=1S/C29H35F4N3O10S/c1-27(2)43-13-23(45-27)21(37)11-34-25(39)15-7-16(26(40)35-12-22(38)24-14-44-28(3,4)46-24)9-18(8-15)47(41,42)36-17-5-6-20(30)19(10-17)29(31,32)33/h5-10,21-24,36-38H,11-14H2,1-4H3,(H,34,39)(H,35,40). The van der Waals surface area contributed by atoms with Crippen LogP contribution < -0.4 is 15.4 Å². The van der Waals surface area contributed by atoms with Gasteiger partial charge >= 0.3 is 6.18 Å². The van der Waals surface area contributed by atoms with Crippen LogP contribution in [0.15, 0.2) is 41.3 Å². The number of aliphatic hydroxyl groups is 2. The van der Waals surface area contributed by atoms with E-state index in [2.05, 4.69) is 10.6 Å². The van der Waals surface area contributed by atoms with Crippen molar-refractivity contribution >= 4 is 27.5 Å². The van der Waals surface area contributed by atoms with Gasteiger partial charge in [0.15, 0.2) is 11.6 Å². The van der Waals surface area contributed by atoms with E-state index in [1.54, 1.807) is 27.7 Å². The first-order valence-corrected chi connectivity index (χ1v) is 15.7. The van der Waals surface area contributed by atoms with Gasteiger partial charge in [-0.1, -0.05) is 0 Å². The Bertz CT molecular complexity index is 1540. The van der Waals surface area contributed by atoms with Gasteiger partial charge in [0.25, 0.3) is 21.8 Å². The molecule has 0 radical (unpaired) electrons. The lowest BCUT2D eigenvalue weighted by atomic mass is 10.1. The first-order chi connectivity index (χ1) is 21.7. The summed E-state index contributed by atoms with van der Waals surface area (Å²) >= 11 is 0. The predicted molar refractivity (Wildman–Crippen MR) is 155 cm³/mol. The molecule has 2 aliphatic rings. The van der Waals surface area contributed by atoms with Gasteiger partial charge in [-0.3, -0.25) is 14.3 Å². The van der Waals surface area contributed by atoms with Crippen LogP contribution in [0.4, 0.5) is 23.2 Å². The summed E-state index contributed by atoms with van der Waals surface area (Å²) in [6.07, 6.45) is -9.16. The minimum atomic E-state index is -5.12. The van der Waals surface area contributed by atoms with Crippen molar-refractivity contribution in [3.8, 4) is 0 Å². The number of hydrogen-bond acceptors (Lipinski definition) is 10. The molecule has 5 N–H and O–H groups in total. The molecule has 2 aromatic carbocycles. The third-order valence-electron chi connectivity index (χ3n) is 7.13. The fourth-order valence-corrected chi connectivity index (χ4v) is 5.83. The molecule has 2 saturated heterocycles. The van der Waals surface area contributed by atoms with Crippen molar-refractivity contribution < 1.29 is 64.7 Å². The van der Waals surface area contributed by atoms with Crippen LogP contribution in [0, 0.1) is 5.82 Å². The summed E-state index contributed by atoms with van der Waals surface area (Å²) in [5.74, 6) is -5.39. The zero-order chi connectivity index (χ0) is 34.9. The Hall–Kier alpha value is -3.39. The Balaban J connectivity index is 1.58. The Kier molecular flexibility index (Phi) is 10.6. The number of rotatable bonds is 11. The zero-order valence-electron chi connectivity index (χ0n) is 25.7. The van der Waals surface area contributed by atoms with Crippen molar-refractivity contribution in [3.05, 3.63) is 58.9 Å². The van der Waals surface area contributed by atoms with E-state index in [4.69, 9.17) is 18.9 Å². The minimum Gasteiger partial charge on any atom is -0.388 e. The second-order valence-electron chi connectivity index (χ2n) is 11.8. The molecule has 4 rings (SSSR count). The average Bonchev–Trinajstić information content (AvgIpc) is 3.54. The van der Waals surface area contributed by atoms with Gasteiger partial charge in [0.2, 0.25) is 0 Å². The van der Waals surface area contributed by atoms with Gasteiger partial charge in [0.1, 0.15) is 18.0 Å². The van der Waals surface area contributed by atoms with E-state index in [1.807, 2.05) is 4.72 Å². The van der Waals surface area contributed by atoms with E-state index in [9.17, 15) is 45.8 Å². The van der Waals surface area contributed by atoms with Crippen LogP contribution in [0.1, 0.15) is 54.0 Å². The Labute approximate surface area is 267 Å². The number of carbonyl (C=O) groups excluding carboxylic acids is 2. The molecular formula is C29H35F4N3O10S. The van der Waals surface area contributed by atoms with E-state index >= 15 is 0 Å². The molecule has 2 fully saturated rings. The largest absolute Gasteiger partial charge is 0.419 e. The predicted octanol–water partition coefficient (Wildman–Crippen LogP) is 2.13. The number of alkyl halides is 3. The fraction of sp³-hybridized carbons (Fsp3) is 0.517. The summed E-state index contributed by atoms with van der Waals surface area (Å²) in [5.41, 5.74) is -3.12. The van der Waals surface area contributed by atoms with Crippen LogP contribution in [-0.4, -0.2) is 92.7 Å². The summed E-state index contributed by atoms with van der Waals surface area (Å²) < 4.78 is 104. The van der Waals surface area contributed by atoms with Crippen LogP contribution in [-0.2, 0) is 35.1 Å². The quantitative estimate of drug-likeness (QED) is 0.219. The molecule has 4 unspecified atom stereocenters.